The molecule has 0 aliphatic heterocycles. The minimum absolute atomic E-state index is 0.139. The molecule has 0 amide bonds. The van der Waals surface area contributed by atoms with Crippen molar-refractivity contribution in [1.29, 1.82) is 0 Å². The van der Waals surface area contributed by atoms with E-state index in [1.54, 1.807) is 0 Å². The minimum atomic E-state index is -0.139. The van der Waals surface area contributed by atoms with Crippen LogP contribution in [0.25, 0.3) is 0 Å². The van der Waals surface area contributed by atoms with Crippen molar-refractivity contribution in [1.82, 2.24) is 0 Å². The second kappa shape index (κ2) is 52.4. The predicted molar refractivity (Wildman–Crippen MR) is 66.6 cm³/mol. The highest BCUT2D eigenvalue weighted by Gasteiger charge is 1.79. The van der Waals surface area contributed by atoms with Gasteiger partial charge in [-0.2, -0.15) is 0 Å². The van der Waals surface area contributed by atoms with Crippen LogP contribution in [-0.4, -0.2) is 18.5 Å². The molecule has 0 bridgehead atoms. The first kappa shape index (κ1) is 23.6. The number of aliphatic hydroxyl groups excluding tert-OH is 1. The summed E-state index contributed by atoms with van der Waals surface area (Å²) in [5.74, 6) is 0. The second-order valence-corrected chi connectivity index (χ2v) is 2.10. The van der Waals surface area contributed by atoms with Crippen molar-refractivity contribution in [2.75, 3.05) is 13.4 Å². The molecule has 14 heavy (non-hydrogen) atoms. The van der Waals surface area contributed by atoms with Gasteiger partial charge < -0.3 is 9.84 Å². The van der Waals surface area contributed by atoms with Crippen LogP contribution in [-0.2, 0) is 4.74 Å². The lowest BCUT2D eigenvalue weighted by molar-refractivity contribution is -0.00234. The second-order valence-electron chi connectivity index (χ2n) is 2.10. The molecule has 0 spiro atoms. The zero-order valence-electron chi connectivity index (χ0n) is 11.4. The molecule has 0 aliphatic carbocycles. The van der Waals surface area contributed by atoms with Gasteiger partial charge in [0.25, 0.3) is 0 Å². The molecule has 0 saturated carbocycles. The Kier molecular flexibility index (Phi) is 88.3. The Morgan fingerprint density at radius 1 is 0.929 bits per heavy atom. The van der Waals surface area contributed by atoms with E-state index >= 15 is 0 Å². The van der Waals surface area contributed by atoms with E-state index in [0.717, 1.165) is 12.8 Å². The van der Waals surface area contributed by atoms with E-state index in [4.69, 9.17) is 5.11 Å². The first-order valence-corrected chi connectivity index (χ1v) is 6.01. The summed E-state index contributed by atoms with van der Waals surface area (Å²) in [4.78, 5) is 0. The molecule has 0 aromatic carbocycles. The Morgan fingerprint density at radius 3 is 1.50 bits per heavy atom. The van der Waals surface area contributed by atoms with Gasteiger partial charge in [0.1, 0.15) is 6.79 Å². The van der Waals surface area contributed by atoms with Crippen LogP contribution < -0.4 is 0 Å². The van der Waals surface area contributed by atoms with E-state index in [-0.39, 0.29) is 6.79 Å². The van der Waals surface area contributed by atoms with Gasteiger partial charge in [-0.3, -0.25) is 0 Å². The van der Waals surface area contributed by atoms with Crippen molar-refractivity contribution in [2.45, 2.75) is 67.7 Å². The normalized spacial score (nSPS) is 6.86. The lowest BCUT2D eigenvalue weighted by Gasteiger charge is -1.94. The Balaban J connectivity index is -0.0000000603. The van der Waals surface area contributed by atoms with Crippen molar-refractivity contribution < 1.29 is 9.84 Å². The SMILES string of the molecule is CC.CC.CCC.CCCCOCO. The molecule has 0 radical (unpaired) electrons. The topological polar surface area (TPSA) is 29.5 Å². The van der Waals surface area contributed by atoms with Gasteiger partial charge in [-0.15, -0.1) is 0 Å². The largest absolute Gasteiger partial charge is 0.371 e. The van der Waals surface area contributed by atoms with Gasteiger partial charge in [0.2, 0.25) is 0 Å². The Bertz CT molecular complexity index is 35.3. The van der Waals surface area contributed by atoms with Crippen molar-refractivity contribution in [3.8, 4) is 0 Å². The molecule has 0 atom stereocenters. The summed E-state index contributed by atoms with van der Waals surface area (Å²) < 4.78 is 4.63. The summed E-state index contributed by atoms with van der Waals surface area (Å²) in [6.45, 7) is 14.9. The highest BCUT2D eigenvalue weighted by Crippen LogP contribution is 1.84. The van der Waals surface area contributed by atoms with Crippen molar-refractivity contribution in [3.05, 3.63) is 0 Å². The zero-order chi connectivity index (χ0) is 12.2. The molecule has 2 heteroatoms. The van der Waals surface area contributed by atoms with Gasteiger partial charge in [-0.05, 0) is 6.42 Å². The molecule has 0 aliphatic rings. The summed E-state index contributed by atoms with van der Waals surface area (Å²) in [6, 6.07) is 0. The molecule has 1 N–H and O–H groups in total. The van der Waals surface area contributed by atoms with Crippen molar-refractivity contribution in [3.63, 3.8) is 0 Å². The smallest absolute Gasteiger partial charge is 0.143 e. The number of unbranched alkanes of at least 4 members (excludes halogenated alkanes) is 1. The predicted octanol–water partition coefficient (Wildman–Crippen LogP) is 4.22. The van der Waals surface area contributed by atoms with Gasteiger partial charge in [-0.25, -0.2) is 0 Å². The maximum Gasteiger partial charge on any atom is 0.143 e. The first-order chi connectivity index (χ1) is 6.83. The summed E-state index contributed by atoms with van der Waals surface area (Å²) in [5.41, 5.74) is 0. The molecule has 0 rings (SSSR count). The Labute approximate surface area is 91.7 Å². The number of aliphatic hydroxyl groups is 1. The van der Waals surface area contributed by atoms with Crippen LogP contribution >= 0.6 is 0 Å². The van der Waals surface area contributed by atoms with E-state index in [0.29, 0.717) is 6.61 Å². The van der Waals surface area contributed by atoms with E-state index in [1.807, 2.05) is 27.7 Å². The van der Waals surface area contributed by atoms with Crippen LogP contribution in [0.15, 0.2) is 0 Å². The molecular formula is C12H32O2. The van der Waals surface area contributed by atoms with E-state index in [9.17, 15) is 0 Å². The quantitative estimate of drug-likeness (QED) is 0.553. The average Bonchev–Trinajstić information content (AvgIpc) is 2.26. The minimum Gasteiger partial charge on any atom is -0.371 e. The third kappa shape index (κ3) is 92.5. The fourth-order valence-corrected chi connectivity index (χ4v) is 0.311. The molecule has 0 saturated heterocycles. The van der Waals surface area contributed by atoms with Crippen LogP contribution in [0.5, 0.6) is 0 Å². The maximum absolute atomic E-state index is 8.07. The van der Waals surface area contributed by atoms with Gasteiger partial charge in [0.15, 0.2) is 0 Å². The van der Waals surface area contributed by atoms with E-state index in [1.165, 1.54) is 6.42 Å². The van der Waals surface area contributed by atoms with Crippen molar-refractivity contribution >= 4 is 0 Å². The fourth-order valence-electron chi connectivity index (χ4n) is 0.311. The summed E-state index contributed by atoms with van der Waals surface area (Å²) in [5, 5.41) is 8.07. The third-order valence-corrected chi connectivity index (χ3v) is 0.734. The molecule has 0 aromatic rings. The van der Waals surface area contributed by atoms with Gasteiger partial charge in [-0.1, -0.05) is 61.3 Å². The molecule has 2 nitrogen and oxygen atoms in total. The van der Waals surface area contributed by atoms with E-state index in [2.05, 4.69) is 25.5 Å². The van der Waals surface area contributed by atoms with Crippen molar-refractivity contribution in [2.24, 2.45) is 0 Å². The molecular weight excluding hydrogens is 176 g/mol. The highest BCUT2D eigenvalue weighted by atomic mass is 16.6. The lowest BCUT2D eigenvalue weighted by Crippen LogP contribution is -1.93. The lowest BCUT2D eigenvalue weighted by atomic mass is 10.4. The van der Waals surface area contributed by atoms with Crippen LogP contribution in [0, 0.1) is 0 Å². The number of hydrogen-bond donors (Lipinski definition) is 1. The Morgan fingerprint density at radius 2 is 1.29 bits per heavy atom. The zero-order valence-corrected chi connectivity index (χ0v) is 11.4. The molecule has 0 heterocycles. The number of ether oxygens (including phenoxy) is 1. The standard InChI is InChI=1S/C5H12O2.C3H8.2C2H6/c1-2-3-4-7-5-6;1-3-2;2*1-2/h6H,2-5H2,1H3;3H2,1-2H3;2*1-2H3. The van der Waals surface area contributed by atoms with Crippen LogP contribution in [0.4, 0.5) is 0 Å². The summed E-state index contributed by atoms with van der Waals surface area (Å²) in [7, 11) is 0. The van der Waals surface area contributed by atoms with Gasteiger partial charge in [0, 0.05) is 6.61 Å². The molecule has 0 aromatic heterocycles. The van der Waals surface area contributed by atoms with Gasteiger partial charge >= 0.3 is 0 Å². The third-order valence-electron chi connectivity index (χ3n) is 0.734. The summed E-state index contributed by atoms with van der Waals surface area (Å²) >= 11 is 0. The van der Waals surface area contributed by atoms with Gasteiger partial charge in [0.05, 0.1) is 0 Å². The molecule has 0 fully saturated rings. The molecule has 0 unspecified atom stereocenters. The number of rotatable bonds is 4. The van der Waals surface area contributed by atoms with E-state index < -0.39 is 0 Å². The average molecular weight is 208 g/mol. The number of hydrogen-bond acceptors (Lipinski definition) is 2. The summed E-state index contributed by atoms with van der Waals surface area (Å²) in [6.07, 6.45) is 3.42. The fraction of sp³-hybridized carbons (Fsp3) is 1.00. The highest BCUT2D eigenvalue weighted by molar-refractivity contribution is 4.27. The van der Waals surface area contributed by atoms with Crippen LogP contribution in [0.2, 0.25) is 0 Å². The monoisotopic (exact) mass is 208 g/mol. The molecule has 92 valence electrons. The Hall–Kier alpha value is -0.0800. The van der Waals surface area contributed by atoms with Crippen LogP contribution in [0.1, 0.15) is 67.7 Å². The maximum atomic E-state index is 8.07. The first-order valence-electron chi connectivity index (χ1n) is 6.01. The van der Waals surface area contributed by atoms with Crippen LogP contribution in [0.3, 0.4) is 0 Å².